The van der Waals surface area contributed by atoms with Crippen molar-refractivity contribution in [3.63, 3.8) is 0 Å². The van der Waals surface area contributed by atoms with E-state index in [1.807, 2.05) is 12.1 Å². The molecule has 0 radical (unpaired) electrons. The summed E-state index contributed by atoms with van der Waals surface area (Å²) < 4.78 is 0. The molecule has 0 heterocycles. The van der Waals surface area contributed by atoms with E-state index in [1.165, 1.54) is 16.7 Å². The van der Waals surface area contributed by atoms with Crippen LogP contribution in [0, 0.1) is 11.3 Å². The summed E-state index contributed by atoms with van der Waals surface area (Å²) in [5, 5.41) is 20.2. The van der Waals surface area contributed by atoms with Crippen molar-refractivity contribution in [1.29, 1.82) is 0 Å². The first kappa shape index (κ1) is 13.1. The van der Waals surface area contributed by atoms with Gasteiger partial charge in [-0.25, -0.2) is 0 Å². The minimum absolute atomic E-state index is 0.0900. The van der Waals surface area contributed by atoms with Crippen LogP contribution in [0.25, 0.3) is 5.57 Å². The molecule has 0 aromatic heterocycles. The molecule has 110 valence electrons. The van der Waals surface area contributed by atoms with Gasteiger partial charge in [0.25, 0.3) is 0 Å². The molecule has 1 fully saturated rings. The van der Waals surface area contributed by atoms with E-state index in [0.29, 0.717) is 11.7 Å². The van der Waals surface area contributed by atoms with Gasteiger partial charge in [0, 0.05) is 5.41 Å². The summed E-state index contributed by atoms with van der Waals surface area (Å²) in [4.78, 5) is 0. The lowest BCUT2D eigenvalue weighted by Gasteiger charge is -2.44. The molecule has 4 rings (SSSR count). The van der Waals surface area contributed by atoms with Gasteiger partial charge in [0.05, 0.1) is 6.10 Å². The first-order chi connectivity index (χ1) is 10.2. The highest BCUT2D eigenvalue weighted by atomic mass is 16.3. The molecule has 1 aromatic carbocycles. The Morgan fingerprint density at radius 2 is 2.05 bits per heavy atom. The van der Waals surface area contributed by atoms with Crippen molar-refractivity contribution < 1.29 is 10.2 Å². The van der Waals surface area contributed by atoms with Crippen LogP contribution in [-0.2, 0) is 6.42 Å². The van der Waals surface area contributed by atoms with E-state index in [2.05, 4.69) is 12.6 Å². The van der Waals surface area contributed by atoms with Gasteiger partial charge in [-0.3, -0.25) is 0 Å². The zero-order valence-corrected chi connectivity index (χ0v) is 12.3. The molecular formula is C19H22O2. The number of aryl methyl sites for hydroxylation is 1. The van der Waals surface area contributed by atoms with Crippen LogP contribution >= 0.6 is 0 Å². The zero-order chi connectivity index (χ0) is 14.6. The van der Waals surface area contributed by atoms with Crippen LogP contribution in [-0.4, -0.2) is 16.3 Å². The van der Waals surface area contributed by atoms with Gasteiger partial charge in [0.15, 0.2) is 0 Å². The van der Waals surface area contributed by atoms with Gasteiger partial charge < -0.3 is 10.2 Å². The lowest BCUT2D eigenvalue weighted by atomic mass is 9.61. The first-order valence-electron chi connectivity index (χ1n) is 8.01. The summed E-state index contributed by atoms with van der Waals surface area (Å²) in [6.45, 7) is 4.05. The maximum atomic E-state index is 10.5. The number of aliphatic hydroxyl groups is 1. The average Bonchev–Trinajstić information content (AvgIpc) is 2.84. The van der Waals surface area contributed by atoms with E-state index >= 15 is 0 Å². The second-order valence-electron chi connectivity index (χ2n) is 6.81. The van der Waals surface area contributed by atoms with Crippen LogP contribution in [0.5, 0.6) is 5.75 Å². The highest BCUT2D eigenvalue weighted by Gasteiger charge is 2.51. The van der Waals surface area contributed by atoms with E-state index in [0.717, 1.165) is 38.5 Å². The Hall–Kier alpha value is -1.54. The van der Waals surface area contributed by atoms with E-state index in [-0.39, 0.29) is 11.5 Å². The Bertz CT molecular complexity index is 643. The standard InChI is InChI=1S/C19H22O2/c1-2-19-10-9-15-14-6-4-13(20)11-12(14)3-5-16(15)17(19)7-8-18(19)21/h2,4,6,11,17-18,20-21H,1,3,5,7-10H2/t17-,18+,19-/m0/s1. The third-order valence-corrected chi connectivity index (χ3v) is 6.07. The highest BCUT2D eigenvalue weighted by Crippen LogP contribution is 2.58. The third kappa shape index (κ3) is 1.69. The second kappa shape index (κ2) is 4.48. The largest absolute Gasteiger partial charge is 0.508 e. The van der Waals surface area contributed by atoms with Crippen LogP contribution in [0.3, 0.4) is 0 Å². The number of aromatic hydroxyl groups is 1. The number of allylic oxidation sites excluding steroid dienone is 2. The summed E-state index contributed by atoms with van der Waals surface area (Å²) in [5.41, 5.74) is 5.54. The van der Waals surface area contributed by atoms with Gasteiger partial charge in [0.1, 0.15) is 5.75 Å². The molecule has 2 N–H and O–H groups in total. The summed E-state index contributed by atoms with van der Waals surface area (Å²) in [7, 11) is 0. The van der Waals surface area contributed by atoms with E-state index in [1.54, 1.807) is 11.6 Å². The molecule has 0 spiro atoms. The van der Waals surface area contributed by atoms with E-state index in [9.17, 15) is 10.2 Å². The fourth-order valence-corrected chi connectivity index (χ4v) is 5.01. The van der Waals surface area contributed by atoms with Crippen LogP contribution < -0.4 is 0 Å². The van der Waals surface area contributed by atoms with Crippen molar-refractivity contribution in [3.05, 3.63) is 47.6 Å². The number of aliphatic hydroxyl groups excluding tert-OH is 1. The number of phenolic OH excluding ortho intramolecular Hbond substituents is 1. The predicted octanol–water partition coefficient (Wildman–Crippen LogP) is 3.83. The molecule has 21 heavy (non-hydrogen) atoms. The van der Waals surface area contributed by atoms with Crippen LogP contribution in [0.1, 0.15) is 43.2 Å². The van der Waals surface area contributed by atoms with Crippen molar-refractivity contribution in [2.75, 3.05) is 0 Å². The number of rotatable bonds is 1. The Morgan fingerprint density at radius 1 is 1.19 bits per heavy atom. The molecule has 0 aliphatic heterocycles. The summed E-state index contributed by atoms with van der Waals surface area (Å²) >= 11 is 0. The monoisotopic (exact) mass is 282 g/mol. The van der Waals surface area contributed by atoms with E-state index in [4.69, 9.17) is 0 Å². The Kier molecular flexibility index (Phi) is 2.80. The van der Waals surface area contributed by atoms with Crippen molar-refractivity contribution in [1.82, 2.24) is 0 Å². The predicted molar refractivity (Wildman–Crippen MR) is 83.9 cm³/mol. The quantitative estimate of drug-likeness (QED) is 0.769. The zero-order valence-electron chi connectivity index (χ0n) is 12.3. The average molecular weight is 282 g/mol. The number of hydrogen-bond acceptors (Lipinski definition) is 2. The molecule has 3 aliphatic carbocycles. The van der Waals surface area contributed by atoms with Crippen molar-refractivity contribution >= 4 is 5.57 Å². The van der Waals surface area contributed by atoms with Crippen molar-refractivity contribution in [2.24, 2.45) is 11.3 Å². The topological polar surface area (TPSA) is 40.5 Å². The molecule has 2 nitrogen and oxygen atoms in total. The summed E-state index contributed by atoms with van der Waals surface area (Å²) in [6, 6.07) is 5.79. The van der Waals surface area contributed by atoms with Crippen LogP contribution in [0.4, 0.5) is 0 Å². The number of benzene rings is 1. The van der Waals surface area contributed by atoms with Gasteiger partial charge >= 0.3 is 0 Å². The lowest BCUT2D eigenvalue weighted by molar-refractivity contribution is 0.0612. The number of phenols is 1. The Morgan fingerprint density at radius 3 is 2.86 bits per heavy atom. The van der Waals surface area contributed by atoms with Gasteiger partial charge in [-0.15, -0.1) is 6.58 Å². The maximum Gasteiger partial charge on any atom is 0.115 e. The normalized spacial score (nSPS) is 34.1. The molecule has 3 atom stereocenters. The fraction of sp³-hybridized carbons (Fsp3) is 0.474. The first-order valence-corrected chi connectivity index (χ1v) is 8.01. The fourth-order valence-electron chi connectivity index (χ4n) is 5.01. The Labute approximate surface area is 125 Å². The molecular weight excluding hydrogens is 260 g/mol. The Balaban J connectivity index is 1.84. The maximum absolute atomic E-state index is 10.5. The van der Waals surface area contributed by atoms with E-state index < -0.39 is 0 Å². The summed E-state index contributed by atoms with van der Waals surface area (Å²) in [5.74, 6) is 0.834. The second-order valence-corrected chi connectivity index (χ2v) is 6.81. The highest BCUT2D eigenvalue weighted by molar-refractivity contribution is 5.75. The van der Waals surface area contributed by atoms with Crippen molar-refractivity contribution in [3.8, 4) is 5.75 Å². The minimum atomic E-state index is -0.227. The third-order valence-electron chi connectivity index (χ3n) is 6.07. The number of fused-ring (bicyclic) bond motifs is 4. The lowest BCUT2D eigenvalue weighted by Crippen LogP contribution is -2.38. The molecule has 3 aliphatic rings. The molecule has 1 aromatic rings. The van der Waals surface area contributed by atoms with Crippen LogP contribution in [0.15, 0.2) is 36.4 Å². The molecule has 1 saturated carbocycles. The number of hydrogen-bond donors (Lipinski definition) is 2. The molecule has 0 amide bonds. The SMILES string of the molecule is C=C[C@]12CCC3=C(CCc4cc(O)ccc43)[C@@H]1CC[C@H]2O. The van der Waals surface area contributed by atoms with Gasteiger partial charge in [-0.2, -0.15) is 0 Å². The van der Waals surface area contributed by atoms with Gasteiger partial charge in [0.2, 0.25) is 0 Å². The van der Waals surface area contributed by atoms with Crippen LogP contribution in [0.2, 0.25) is 0 Å². The van der Waals surface area contributed by atoms with Gasteiger partial charge in [-0.1, -0.05) is 17.7 Å². The molecule has 2 heteroatoms. The molecule has 0 saturated heterocycles. The molecule has 0 unspecified atom stereocenters. The summed E-state index contributed by atoms with van der Waals surface area (Å²) in [6.07, 6.45) is 7.88. The smallest absolute Gasteiger partial charge is 0.115 e. The van der Waals surface area contributed by atoms with Gasteiger partial charge in [-0.05, 0) is 73.3 Å². The minimum Gasteiger partial charge on any atom is -0.508 e. The van der Waals surface area contributed by atoms with Crippen molar-refractivity contribution in [2.45, 2.75) is 44.6 Å². The molecule has 0 bridgehead atoms.